The SMILES string of the molecule is C=Cc1cc2cccc(OC)c2[nH]1. The molecule has 1 aromatic carbocycles. The summed E-state index contributed by atoms with van der Waals surface area (Å²) < 4.78 is 5.22. The highest BCUT2D eigenvalue weighted by molar-refractivity contribution is 5.87. The summed E-state index contributed by atoms with van der Waals surface area (Å²) in [6.45, 7) is 3.71. The largest absolute Gasteiger partial charge is 0.495 e. The monoisotopic (exact) mass is 173 g/mol. The van der Waals surface area contributed by atoms with E-state index in [-0.39, 0.29) is 0 Å². The quantitative estimate of drug-likeness (QED) is 0.742. The molecule has 13 heavy (non-hydrogen) atoms. The summed E-state index contributed by atoms with van der Waals surface area (Å²) >= 11 is 0. The number of nitrogens with one attached hydrogen (secondary N) is 1. The van der Waals surface area contributed by atoms with Crippen molar-refractivity contribution < 1.29 is 4.74 Å². The summed E-state index contributed by atoms with van der Waals surface area (Å²) in [6, 6.07) is 8.00. The third-order valence-electron chi connectivity index (χ3n) is 2.08. The number of para-hydroxylation sites is 1. The Morgan fingerprint density at radius 3 is 3.00 bits per heavy atom. The molecule has 0 amide bonds. The number of hydrogen-bond donors (Lipinski definition) is 1. The highest BCUT2D eigenvalue weighted by Gasteiger charge is 2.02. The summed E-state index contributed by atoms with van der Waals surface area (Å²) in [5.41, 5.74) is 2.04. The topological polar surface area (TPSA) is 25.0 Å². The van der Waals surface area contributed by atoms with Gasteiger partial charge in [0.15, 0.2) is 0 Å². The number of ether oxygens (including phenoxy) is 1. The van der Waals surface area contributed by atoms with Crippen LogP contribution in [0.15, 0.2) is 30.8 Å². The lowest BCUT2D eigenvalue weighted by Crippen LogP contribution is -1.83. The van der Waals surface area contributed by atoms with Gasteiger partial charge in [0.1, 0.15) is 5.75 Å². The number of benzene rings is 1. The van der Waals surface area contributed by atoms with Crippen molar-refractivity contribution in [3.63, 3.8) is 0 Å². The van der Waals surface area contributed by atoms with Crippen molar-refractivity contribution in [1.82, 2.24) is 4.98 Å². The van der Waals surface area contributed by atoms with Crippen LogP contribution in [0.3, 0.4) is 0 Å². The van der Waals surface area contributed by atoms with Crippen molar-refractivity contribution in [2.24, 2.45) is 0 Å². The molecule has 0 aliphatic heterocycles. The van der Waals surface area contributed by atoms with Crippen LogP contribution in [0.1, 0.15) is 5.69 Å². The van der Waals surface area contributed by atoms with Crippen LogP contribution < -0.4 is 4.74 Å². The number of aromatic nitrogens is 1. The molecule has 2 nitrogen and oxygen atoms in total. The fraction of sp³-hybridized carbons (Fsp3) is 0.0909. The number of H-pyrrole nitrogens is 1. The molecule has 1 heterocycles. The predicted molar refractivity (Wildman–Crippen MR) is 54.9 cm³/mol. The molecule has 2 rings (SSSR count). The first-order valence-corrected chi connectivity index (χ1v) is 4.13. The number of methoxy groups -OCH3 is 1. The van der Waals surface area contributed by atoms with Gasteiger partial charge in [-0.2, -0.15) is 0 Å². The zero-order valence-corrected chi connectivity index (χ0v) is 7.50. The minimum absolute atomic E-state index is 0.866. The maximum atomic E-state index is 5.22. The molecule has 1 N–H and O–H groups in total. The normalized spacial score (nSPS) is 10.2. The van der Waals surface area contributed by atoms with Gasteiger partial charge in [0.05, 0.1) is 12.6 Å². The molecule has 1 aromatic heterocycles. The van der Waals surface area contributed by atoms with Crippen molar-refractivity contribution in [3.05, 3.63) is 36.5 Å². The van der Waals surface area contributed by atoms with Crippen LogP contribution in [0.25, 0.3) is 17.0 Å². The van der Waals surface area contributed by atoms with Crippen LogP contribution in [0, 0.1) is 0 Å². The molecule has 0 fully saturated rings. The van der Waals surface area contributed by atoms with Crippen LogP contribution in [0.5, 0.6) is 5.75 Å². The molecule has 66 valence electrons. The van der Waals surface area contributed by atoms with E-state index in [9.17, 15) is 0 Å². The van der Waals surface area contributed by atoms with Crippen molar-refractivity contribution in [2.45, 2.75) is 0 Å². The van der Waals surface area contributed by atoms with Crippen molar-refractivity contribution in [1.29, 1.82) is 0 Å². The predicted octanol–water partition coefficient (Wildman–Crippen LogP) is 2.82. The van der Waals surface area contributed by atoms with Crippen molar-refractivity contribution in [3.8, 4) is 5.75 Å². The number of fused-ring (bicyclic) bond motifs is 1. The average molecular weight is 173 g/mol. The van der Waals surface area contributed by atoms with Gasteiger partial charge in [0.2, 0.25) is 0 Å². The molecule has 0 atom stereocenters. The van der Waals surface area contributed by atoms with Gasteiger partial charge < -0.3 is 9.72 Å². The molecular weight excluding hydrogens is 162 g/mol. The zero-order valence-electron chi connectivity index (χ0n) is 7.50. The molecule has 0 saturated carbocycles. The Balaban J connectivity index is 2.74. The lowest BCUT2D eigenvalue weighted by Gasteiger charge is -1.99. The van der Waals surface area contributed by atoms with Crippen molar-refractivity contribution >= 4 is 17.0 Å². The van der Waals surface area contributed by atoms with E-state index in [1.807, 2.05) is 24.3 Å². The average Bonchev–Trinajstić information content (AvgIpc) is 2.59. The molecule has 0 aliphatic carbocycles. The first-order valence-electron chi connectivity index (χ1n) is 4.13. The van der Waals surface area contributed by atoms with E-state index in [1.165, 1.54) is 0 Å². The minimum Gasteiger partial charge on any atom is -0.495 e. The van der Waals surface area contributed by atoms with Gasteiger partial charge in [-0.1, -0.05) is 18.7 Å². The second-order valence-corrected chi connectivity index (χ2v) is 2.85. The van der Waals surface area contributed by atoms with E-state index in [1.54, 1.807) is 13.2 Å². The molecule has 0 saturated heterocycles. The maximum absolute atomic E-state index is 5.22. The molecule has 0 bridgehead atoms. The van der Waals surface area contributed by atoms with E-state index in [0.717, 1.165) is 22.3 Å². The van der Waals surface area contributed by atoms with E-state index < -0.39 is 0 Å². The fourth-order valence-electron chi connectivity index (χ4n) is 1.43. The van der Waals surface area contributed by atoms with E-state index >= 15 is 0 Å². The van der Waals surface area contributed by atoms with E-state index in [4.69, 9.17) is 4.74 Å². The Labute approximate surface area is 76.8 Å². The fourth-order valence-corrected chi connectivity index (χ4v) is 1.43. The Bertz CT molecular complexity index is 442. The van der Waals surface area contributed by atoms with Gasteiger partial charge in [-0.15, -0.1) is 0 Å². The molecule has 0 spiro atoms. The lowest BCUT2D eigenvalue weighted by atomic mass is 10.2. The smallest absolute Gasteiger partial charge is 0.142 e. The zero-order chi connectivity index (χ0) is 9.26. The molecule has 0 aliphatic rings. The number of hydrogen-bond acceptors (Lipinski definition) is 1. The minimum atomic E-state index is 0.866. The Morgan fingerprint density at radius 1 is 1.46 bits per heavy atom. The molecule has 2 aromatic rings. The third kappa shape index (κ3) is 1.20. The summed E-state index contributed by atoms with van der Waals surface area (Å²) in [6.07, 6.45) is 1.79. The second kappa shape index (κ2) is 2.98. The number of rotatable bonds is 2. The van der Waals surface area contributed by atoms with Gasteiger partial charge in [-0.05, 0) is 18.2 Å². The van der Waals surface area contributed by atoms with Crippen LogP contribution in [-0.2, 0) is 0 Å². The first-order chi connectivity index (χ1) is 6.35. The van der Waals surface area contributed by atoms with Crippen LogP contribution >= 0.6 is 0 Å². The lowest BCUT2D eigenvalue weighted by molar-refractivity contribution is 0.419. The first kappa shape index (κ1) is 7.92. The van der Waals surface area contributed by atoms with E-state index in [2.05, 4.69) is 11.6 Å². The molecular formula is C11H11NO. The van der Waals surface area contributed by atoms with Gasteiger partial charge in [0, 0.05) is 11.1 Å². The summed E-state index contributed by atoms with van der Waals surface area (Å²) in [4.78, 5) is 3.22. The van der Waals surface area contributed by atoms with Gasteiger partial charge >= 0.3 is 0 Å². The summed E-state index contributed by atoms with van der Waals surface area (Å²) in [5, 5.41) is 1.15. The Hall–Kier alpha value is -1.70. The molecule has 0 radical (unpaired) electrons. The Morgan fingerprint density at radius 2 is 2.31 bits per heavy atom. The van der Waals surface area contributed by atoms with Crippen molar-refractivity contribution in [2.75, 3.05) is 7.11 Å². The van der Waals surface area contributed by atoms with Gasteiger partial charge in [-0.3, -0.25) is 0 Å². The highest BCUT2D eigenvalue weighted by atomic mass is 16.5. The second-order valence-electron chi connectivity index (χ2n) is 2.85. The van der Waals surface area contributed by atoms with Gasteiger partial charge in [0.25, 0.3) is 0 Å². The Kier molecular flexibility index (Phi) is 1.81. The van der Waals surface area contributed by atoms with Gasteiger partial charge in [-0.25, -0.2) is 0 Å². The molecule has 2 heteroatoms. The highest BCUT2D eigenvalue weighted by Crippen LogP contribution is 2.25. The number of aromatic amines is 1. The molecule has 0 unspecified atom stereocenters. The van der Waals surface area contributed by atoms with E-state index in [0.29, 0.717) is 0 Å². The third-order valence-corrected chi connectivity index (χ3v) is 2.08. The summed E-state index contributed by atoms with van der Waals surface area (Å²) in [7, 11) is 1.67. The standard InChI is InChI=1S/C11H11NO/c1-3-9-7-8-5-4-6-10(13-2)11(8)12-9/h3-7,12H,1H2,2H3. The van der Waals surface area contributed by atoms with Crippen LogP contribution in [0.4, 0.5) is 0 Å². The van der Waals surface area contributed by atoms with Crippen LogP contribution in [0.2, 0.25) is 0 Å². The maximum Gasteiger partial charge on any atom is 0.142 e. The summed E-state index contributed by atoms with van der Waals surface area (Å²) in [5.74, 6) is 0.866. The van der Waals surface area contributed by atoms with Crippen LogP contribution in [-0.4, -0.2) is 12.1 Å².